The first-order valence-corrected chi connectivity index (χ1v) is 8.02. The number of furan rings is 1. The van der Waals surface area contributed by atoms with Crippen LogP contribution in [0.4, 0.5) is 0 Å². The highest BCUT2D eigenvalue weighted by atomic mass is 35.5. The largest absolute Gasteiger partial charge is 0.466 e. The Morgan fingerprint density at radius 3 is 2.50 bits per heavy atom. The van der Waals surface area contributed by atoms with E-state index in [1.807, 2.05) is 0 Å². The third kappa shape index (κ3) is 4.52. The first kappa shape index (κ1) is 18.4. The van der Waals surface area contributed by atoms with E-state index in [4.69, 9.17) is 32.4 Å². The summed E-state index contributed by atoms with van der Waals surface area (Å²) in [5.41, 5.74) is 1.11. The predicted molar refractivity (Wildman–Crippen MR) is 91.5 cm³/mol. The molecule has 0 aliphatic carbocycles. The van der Waals surface area contributed by atoms with Crippen molar-refractivity contribution in [3.63, 3.8) is 0 Å². The first-order chi connectivity index (χ1) is 11.3. The quantitative estimate of drug-likeness (QED) is 0.800. The summed E-state index contributed by atoms with van der Waals surface area (Å²) in [6.45, 7) is 4.81. The number of halogens is 2. The molecule has 0 aliphatic heterocycles. The average Bonchev–Trinajstić information content (AvgIpc) is 2.86. The molecule has 1 aromatic carbocycles. The molecule has 5 nitrogen and oxygen atoms in total. The molecule has 1 atom stereocenters. The molecule has 1 amide bonds. The van der Waals surface area contributed by atoms with Gasteiger partial charge in [0.25, 0.3) is 5.91 Å². The molecule has 2 rings (SSSR count). The minimum Gasteiger partial charge on any atom is -0.466 e. The van der Waals surface area contributed by atoms with E-state index in [0.29, 0.717) is 27.1 Å². The molecule has 0 saturated heterocycles. The van der Waals surface area contributed by atoms with E-state index in [0.717, 1.165) is 5.56 Å². The molecule has 0 aliphatic rings. The van der Waals surface area contributed by atoms with Gasteiger partial charge < -0.3 is 14.5 Å². The van der Waals surface area contributed by atoms with Crippen molar-refractivity contribution in [1.82, 2.24) is 5.32 Å². The maximum Gasteiger partial charge on any atom is 0.342 e. The lowest BCUT2D eigenvalue weighted by atomic mass is 10.1. The van der Waals surface area contributed by atoms with E-state index in [9.17, 15) is 9.59 Å². The Morgan fingerprint density at radius 1 is 1.21 bits per heavy atom. The van der Waals surface area contributed by atoms with Gasteiger partial charge in [0, 0.05) is 0 Å². The van der Waals surface area contributed by atoms with E-state index in [2.05, 4.69) is 5.32 Å². The third-order valence-electron chi connectivity index (χ3n) is 3.42. The van der Waals surface area contributed by atoms with Gasteiger partial charge in [0.05, 0.1) is 16.1 Å². The van der Waals surface area contributed by atoms with Crippen LogP contribution in [-0.4, -0.2) is 18.5 Å². The third-order valence-corrected chi connectivity index (χ3v) is 4.16. The summed E-state index contributed by atoms with van der Waals surface area (Å²) in [4.78, 5) is 23.9. The lowest BCUT2D eigenvalue weighted by Gasteiger charge is -2.15. The molecule has 0 spiro atoms. The Hall–Kier alpha value is -1.98. The van der Waals surface area contributed by atoms with E-state index in [-0.39, 0.29) is 12.6 Å². The number of benzene rings is 1. The minimum atomic E-state index is -0.596. The molecule has 0 bridgehead atoms. The molecular weight excluding hydrogens is 353 g/mol. The first-order valence-electron chi connectivity index (χ1n) is 7.26. The second-order valence-electron chi connectivity index (χ2n) is 5.37. The number of esters is 1. The van der Waals surface area contributed by atoms with Crippen LogP contribution >= 0.6 is 23.2 Å². The molecular formula is C17H17Cl2NO4. The highest BCUT2D eigenvalue weighted by molar-refractivity contribution is 6.42. The lowest BCUT2D eigenvalue weighted by molar-refractivity contribution is -0.124. The van der Waals surface area contributed by atoms with Crippen molar-refractivity contribution in [3.8, 4) is 0 Å². The van der Waals surface area contributed by atoms with Gasteiger partial charge in [0.15, 0.2) is 6.61 Å². The molecule has 24 heavy (non-hydrogen) atoms. The number of ether oxygens (including phenoxy) is 1. The molecule has 1 heterocycles. The number of carbonyl (C=O) groups excluding carboxylic acids is 2. The van der Waals surface area contributed by atoms with Crippen molar-refractivity contribution in [2.45, 2.75) is 26.8 Å². The van der Waals surface area contributed by atoms with E-state index in [1.54, 1.807) is 45.0 Å². The molecule has 2 aromatic rings. The van der Waals surface area contributed by atoms with Crippen LogP contribution in [0.1, 0.15) is 40.4 Å². The Kier molecular flexibility index (Phi) is 5.91. The SMILES string of the molecule is Cc1cc(C(=O)OCC(=O)N[C@@H](C)c2ccc(Cl)c(Cl)c2)c(C)o1. The molecule has 1 aromatic heterocycles. The lowest BCUT2D eigenvalue weighted by Crippen LogP contribution is -2.31. The van der Waals surface area contributed by atoms with Crippen LogP contribution < -0.4 is 5.32 Å². The smallest absolute Gasteiger partial charge is 0.342 e. The van der Waals surface area contributed by atoms with Crippen molar-refractivity contribution in [1.29, 1.82) is 0 Å². The topological polar surface area (TPSA) is 68.5 Å². The zero-order chi connectivity index (χ0) is 17.9. The molecule has 128 valence electrons. The summed E-state index contributed by atoms with van der Waals surface area (Å²) < 4.78 is 10.3. The molecule has 7 heteroatoms. The van der Waals surface area contributed by atoms with E-state index >= 15 is 0 Å². The van der Waals surface area contributed by atoms with Crippen molar-refractivity contribution in [2.75, 3.05) is 6.61 Å². The van der Waals surface area contributed by atoms with Crippen molar-refractivity contribution in [2.24, 2.45) is 0 Å². The summed E-state index contributed by atoms with van der Waals surface area (Å²) in [6.07, 6.45) is 0. The molecule has 0 fully saturated rings. The summed E-state index contributed by atoms with van der Waals surface area (Å²) in [5, 5.41) is 3.58. The van der Waals surface area contributed by atoms with Gasteiger partial charge in [-0.3, -0.25) is 4.79 Å². The zero-order valence-corrected chi connectivity index (χ0v) is 15.0. The van der Waals surface area contributed by atoms with Gasteiger partial charge in [-0.05, 0) is 44.5 Å². The standard InChI is InChI=1S/C17H17Cl2NO4/c1-9-6-13(11(3)24-9)17(22)23-8-16(21)20-10(2)12-4-5-14(18)15(19)7-12/h4-7,10H,8H2,1-3H3,(H,20,21)/t10-/m0/s1. The summed E-state index contributed by atoms with van der Waals surface area (Å²) in [7, 11) is 0. The number of hydrogen-bond acceptors (Lipinski definition) is 4. The Balaban J connectivity index is 1.89. The highest BCUT2D eigenvalue weighted by Gasteiger charge is 2.17. The van der Waals surface area contributed by atoms with E-state index in [1.165, 1.54) is 0 Å². The summed E-state index contributed by atoms with van der Waals surface area (Å²) in [6, 6.07) is 6.38. The summed E-state index contributed by atoms with van der Waals surface area (Å²) in [5.74, 6) is 0.0562. The second kappa shape index (κ2) is 7.73. The van der Waals surface area contributed by atoms with Crippen molar-refractivity contribution >= 4 is 35.1 Å². The number of hydrogen-bond donors (Lipinski definition) is 1. The van der Waals surface area contributed by atoms with Gasteiger partial charge in [0.2, 0.25) is 0 Å². The summed E-state index contributed by atoms with van der Waals surface area (Å²) >= 11 is 11.8. The monoisotopic (exact) mass is 369 g/mol. The predicted octanol–water partition coefficient (Wildman–Crippen LogP) is 4.24. The maximum atomic E-state index is 11.9. The van der Waals surface area contributed by atoms with Crippen LogP contribution in [0.5, 0.6) is 0 Å². The molecule has 0 saturated carbocycles. The molecule has 0 radical (unpaired) electrons. The Labute approximate surface area is 149 Å². The van der Waals surface area contributed by atoms with Crippen LogP contribution in [0.2, 0.25) is 10.0 Å². The van der Waals surface area contributed by atoms with Crippen LogP contribution in [-0.2, 0) is 9.53 Å². The number of rotatable bonds is 5. The van der Waals surface area contributed by atoms with Crippen LogP contribution in [0.25, 0.3) is 0 Å². The highest BCUT2D eigenvalue weighted by Crippen LogP contribution is 2.25. The fraction of sp³-hybridized carbons (Fsp3) is 0.294. The second-order valence-corrected chi connectivity index (χ2v) is 6.18. The normalized spacial score (nSPS) is 11.9. The van der Waals surface area contributed by atoms with Crippen LogP contribution in [0.15, 0.2) is 28.7 Å². The fourth-order valence-electron chi connectivity index (χ4n) is 2.19. The minimum absolute atomic E-state index is 0.302. The fourth-order valence-corrected chi connectivity index (χ4v) is 2.50. The van der Waals surface area contributed by atoms with Gasteiger partial charge in [0.1, 0.15) is 17.1 Å². The molecule has 0 unspecified atom stereocenters. The van der Waals surface area contributed by atoms with Gasteiger partial charge in [-0.15, -0.1) is 0 Å². The van der Waals surface area contributed by atoms with Gasteiger partial charge in [-0.2, -0.15) is 0 Å². The van der Waals surface area contributed by atoms with Crippen molar-refractivity contribution < 1.29 is 18.7 Å². The average molecular weight is 370 g/mol. The van der Waals surface area contributed by atoms with Crippen LogP contribution in [0.3, 0.4) is 0 Å². The number of aryl methyl sites for hydroxylation is 2. The number of amides is 1. The van der Waals surface area contributed by atoms with E-state index < -0.39 is 11.9 Å². The Morgan fingerprint density at radius 2 is 1.92 bits per heavy atom. The Bertz CT molecular complexity index is 770. The van der Waals surface area contributed by atoms with Gasteiger partial charge in [-0.1, -0.05) is 29.3 Å². The van der Waals surface area contributed by atoms with Crippen LogP contribution in [0, 0.1) is 13.8 Å². The maximum absolute atomic E-state index is 11.9. The van der Waals surface area contributed by atoms with Crippen molar-refractivity contribution in [3.05, 3.63) is 57.0 Å². The molecule has 1 N–H and O–H groups in total. The number of nitrogens with one attached hydrogen (secondary N) is 1. The van der Waals surface area contributed by atoms with Gasteiger partial charge >= 0.3 is 5.97 Å². The zero-order valence-electron chi connectivity index (χ0n) is 13.5. The van der Waals surface area contributed by atoms with Gasteiger partial charge in [-0.25, -0.2) is 4.79 Å². The number of carbonyl (C=O) groups is 2.